The van der Waals surface area contributed by atoms with Gasteiger partial charge < -0.3 is 4.90 Å². The summed E-state index contributed by atoms with van der Waals surface area (Å²) in [4.78, 5) is 20.9. The number of aromatic nitrogens is 3. The molecule has 10 rings (SSSR count). The third-order valence-corrected chi connectivity index (χ3v) is 13.9. The molecule has 1 aliphatic rings. The van der Waals surface area contributed by atoms with Crippen molar-refractivity contribution >= 4 is 27.1 Å². The smallest absolute Gasteiger partial charge is 0.166 e. The maximum absolute atomic E-state index is 5.35. The zero-order valence-electron chi connectivity index (χ0n) is 32.3. The molecule has 0 aliphatic carbocycles. The Hall–Kier alpha value is -7.08. The van der Waals surface area contributed by atoms with Crippen LogP contribution in [-0.4, -0.2) is 27.5 Å². The molecule has 2 heterocycles. The Morgan fingerprint density at radius 1 is 0.328 bits per heavy atom. The van der Waals surface area contributed by atoms with Gasteiger partial charge in [-0.15, -0.1) is 0 Å². The fourth-order valence-corrected chi connectivity index (χ4v) is 10.7. The summed E-state index contributed by atoms with van der Waals surface area (Å²) in [6.45, 7) is 0. The van der Waals surface area contributed by atoms with Crippen LogP contribution >= 0.6 is 10.0 Å². The fraction of sp³-hybridized carbons (Fsp3) is 0.0377. The third-order valence-electron chi connectivity index (χ3n) is 11.0. The number of anilines is 3. The van der Waals surface area contributed by atoms with E-state index < -0.39 is 10.0 Å². The first-order chi connectivity index (χ1) is 28.5. The molecule has 0 radical (unpaired) electrons. The van der Waals surface area contributed by atoms with E-state index in [2.05, 4.69) is 187 Å². The fourth-order valence-electron chi connectivity index (χ4n) is 8.23. The van der Waals surface area contributed by atoms with Crippen LogP contribution in [0.3, 0.4) is 0 Å². The molecule has 0 saturated carbocycles. The van der Waals surface area contributed by atoms with Crippen LogP contribution in [0.1, 0.15) is 0 Å². The van der Waals surface area contributed by atoms with Gasteiger partial charge in [-0.25, -0.2) is 15.0 Å². The van der Waals surface area contributed by atoms with Crippen molar-refractivity contribution in [2.24, 2.45) is 0 Å². The lowest BCUT2D eigenvalue weighted by Crippen LogP contribution is -2.20. The lowest BCUT2D eigenvalue weighted by atomic mass is 9.86. The van der Waals surface area contributed by atoms with Crippen LogP contribution in [0.25, 0.3) is 67.5 Å². The van der Waals surface area contributed by atoms with Gasteiger partial charge >= 0.3 is 0 Å². The summed E-state index contributed by atoms with van der Waals surface area (Å²) in [5, 5.41) is 0. The minimum absolute atomic E-state index is 0.607. The second-order valence-corrected chi connectivity index (χ2v) is 18.4. The average Bonchev–Trinajstić information content (AvgIpc) is 3.30. The molecule has 1 aliphatic heterocycles. The highest BCUT2D eigenvalue weighted by atomic mass is 32.3. The van der Waals surface area contributed by atoms with E-state index in [1.807, 2.05) is 36.4 Å². The van der Waals surface area contributed by atoms with Gasteiger partial charge in [0.25, 0.3) is 0 Å². The van der Waals surface area contributed by atoms with Gasteiger partial charge in [0.15, 0.2) is 17.5 Å². The minimum Gasteiger partial charge on any atom is -0.308 e. The molecule has 9 aromatic rings. The van der Waals surface area contributed by atoms with Crippen molar-refractivity contribution in [3.8, 4) is 67.5 Å². The van der Waals surface area contributed by atoms with Crippen molar-refractivity contribution in [1.29, 1.82) is 0 Å². The predicted octanol–water partition coefficient (Wildman–Crippen LogP) is 14.1. The molecule has 0 unspecified atom stereocenters. The Morgan fingerprint density at radius 3 is 1.22 bits per heavy atom. The van der Waals surface area contributed by atoms with Crippen molar-refractivity contribution in [2.45, 2.75) is 9.79 Å². The average molecular weight is 765 g/mol. The van der Waals surface area contributed by atoms with E-state index in [9.17, 15) is 0 Å². The van der Waals surface area contributed by atoms with Gasteiger partial charge in [0.05, 0.1) is 17.1 Å². The Morgan fingerprint density at radius 2 is 0.741 bits per heavy atom. The van der Waals surface area contributed by atoms with Crippen molar-refractivity contribution < 1.29 is 0 Å². The van der Waals surface area contributed by atoms with Gasteiger partial charge in [0.2, 0.25) is 0 Å². The largest absolute Gasteiger partial charge is 0.308 e. The summed E-state index contributed by atoms with van der Waals surface area (Å²) in [6, 6.07) is 73.0. The maximum Gasteiger partial charge on any atom is 0.166 e. The Balaban J connectivity index is 1.30. The van der Waals surface area contributed by atoms with Crippen molar-refractivity contribution in [1.82, 2.24) is 15.0 Å². The molecule has 5 heteroatoms. The number of hydrogen-bond acceptors (Lipinski definition) is 4. The molecule has 8 aromatic carbocycles. The molecule has 278 valence electrons. The zero-order valence-corrected chi connectivity index (χ0v) is 33.1. The minimum atomic E-state index is -1.31. The molecule has 0 amide bonds. The number of rotatable bonds is 7. The molecular formula is C53H40N4S. The molecule has 0 saturated heterocycles. The van der Waals surface area contributed by atoms with Crippen LogP contribution < -0.4 is 4.90 Å². The van der Waals surface area contributed by atoms with Gasteiger partial charge in [-0.2, -0.15) is 10.0 Å². The predicted molar refractivity (Wildman–Crippen MR) is 243 cm³/mol. The standard InChI is InChI=1S/C53H40N4S/c1-58(2)48-32-17-15-30-46(48)57(47-31-16-18-33-49(47)58)45-35-34-41(50-42(37-20-7-3-8-21-37)28-19-29-43(50)38-22-9-4-10-23-38)36-44(45)53-55-51(39-24-11-5-12-25-39)54-52(56-53)40-26-13-6-14-27-40/h3-36H,1-2H3. The molecule has 1 aromatic heterocycles. The number of para-hydroxylation sites is 2. The highest BCUT2D eigenvalue weighted by Gasteiger charge is 2.35. The first kappa shape index (κ1) is 35.3. The Bertz CT molecular complexity index is 2750. The van der Waals surface area contributed by atoms with Gasteiger partial charge in [0, 0.05) is 26.5 Å². The normalized spacial score (nSPS) is 13.3. The summed E-state index contributed by atoms with van der Waals surface area (Å²) in [5.41, 5.74) is 13.0. The Kier molecular flexibility index (Phi) is 9.00. The first-order valence-corrected chi connectivity index (χ1v) is 22.0. The summed E-state index contributed by atoms with van der Waals surface area (Å²) in [7, 11) is -1.31. The molecule has 0 N–H and O–H groups in total. The van der Waals surface area contributed by atoms with Crippen LogP contribution in [0.2, 0.25) is 0 Å². The molecular weight excluding hydrogens is 725 g/mol. The monoisotopic (exact) mass is 764 g/mol. The van der Waals surface area contributed by atoms with Gasteiger partial charge in [-0.3, -0.25) is 0 Å². The van der Waals surface area contributed by atoms with Crippen LogP contribution in [0.4, 0.5) is 17.1 Å². The lowest BCUT2D eigenvalue weighted by molar-refractivity contribution is 1.07. The van der Waals surface area contributed by atoms with Crippen molar-refractivity contribution in [2.75, 3.05) is 17.4 Å². The van der Waals surface area contributed by atoms with Gasteiger partial charge in [-0.05, 0) is 82.3 Å². The van der Waals surface area contributed by atoms with E-state index in [0.717, 1.165) is 55.8 Å². The van der Waals surface area contributed by atoms with Crippen molar-refractivity contribution in [3.63, 3.8) is 0 Å². The van der Waals surface area contributed by atoms with E-state index >= 15 is 0 Å². The highest BCUT2D eigenvalue weighted by molar-refractivity contribution is 8.33. The van der Waals surface area contributed by atoms with Crippen LogP contribution in [0.5, 0.6) is 0 Å². The van der Waals surface area contributed by atoms with Gasteiger partial charge in [-0.1, -0.05) is 170 Å². The SMILES string of the molecule is CS1(C)c2ccccc2N(c2ccc(-c3c(-c4ccccc4)cccc3-c3ccccc3)cc2-c2nc(-c3ccccc3)nc(-c3ccccc3)n2)c2ccccc21. The van der Waals surface area contributed by atoms with E-state index in [1.54, 1.807) is 0 Å². The van der Waals surface area contributed by atoms with E-state index in [1.165, 1.54) is 21.2 Å². The van der Waals surface area contributed by atoms with E-state index in [0.29, 0.717) is 17.5 Å². The summed E-state index contributed by atoms with van der Waals surface area (Å²) < 4.78 is 0. The third kappa shape index (κ3) is 6.26. The molecule has 0 atom stereocenters. The second kappa shape index (κ2) is 14.8. The second-order valence-electron chi connectivity index (χ2n) is 14.8. The topological polar surface area (TPSA) is 41.9 Å². The highest BCUT2D eigenvalue weighted by Crippen LogP contribution is 2.67. The lowest BCUT2D eigenvalue weighted by Gasteiger charge is -2.45. The number of nitrogens with zero attached hydrogens (tertiary/aromatic N) is 4. The van der Waals surface area contributed by atoms with Gasteiger partial charge in [0.1, 0.15) is 0 Å². The number of hydrogen-bond donors (Lipinski definition) is 0. The first-order valence-electron chi connectivity index (χ1n) is 19.5. The van der Waals surface area contributed by atoms with E-state index in [4.69, 9.17) is 15.0 Å². The molecule has 0 fully saturated rings. The van der Waals surface area contributed by atoms with Crippen LogP contribution in [0.15, 0.2) is 216 Å². The van der Waals surface area contributed by atoms with E-state index in [-0.39, 0.29) is 0 Å². The quantitative estimate of drug-likeness (QED) is 0.162. The number of benzene rings is 8. The summed E-state index contributed by atoms with van der Waals surface area (Å²) in [6.07, 6.45) is 4.81. The number of fused-ring (bicyclic) bond motifs is 2. The maximum atomic E-state index is 5.35. The molecule has 0 bridgehead atoms. The Labute approximate surface area is 341 Å². The zero-order chi connectivity index (χ0) is 39.1. The van der Waals surface area contributed by atoms with Crippen LogP contribution in [0, 0.1) is 0 Å². The molecule has 58 heavy (non-hydrogen) atoms. The summed E-state index contributed by atoms with van der Waals surface area (Å²) >= 11 is 0. The summed E-state index contributed by atoms with van der Waals surface area (Å²) in [5.74, 6) is 1.86. The van der Waals surface area contributed by atoms with Crippen LogP contribution in [-0.2, 0) is 0 Å². The molecule has 4 nitrogen and oxygen atoms in total. The van der Waals surface area contributed by atoms with Crippen molar-refractivity contribution in [3.05, 3.63) is 206 Å². The molecule has 0 spiro atoms.